The summed E-state index contributed by atoms with van der Waals surface area (Å²) in [6, 6.07) is 16.5. The first kappa shape index (κ1) is 25.9. The minimum Gasteiger partial charge on any atom is -0.480 e. The summed E-state index contributed by atoms with van der Waals surface area (Å²) in [5, 5.41) is 14.9. The van der Waals surface area contributed by atoms with Gasteiger partial charge in [0.2, 0.25) is 0 Å². The van der Waals surface area contributed by atoms with E-state index in [0.29, 0.717) is 34.6 Å². The zero-order valence-corrected chi connectivity index (χ0v) is 19.5. The zero-order valence-electron chi connectivity index (χ0n) is 17.9. The summed E-state index contributed by atoms with van der Waals surface area (Å²) >= 11 is 1.52. The molecule has 0 bridgehead atoms. The minimum atomic E-state index is -1.07. The van der Waals surface area contributed by atoms with Crippen molar-refractivity contribution in [3.8, 4) is 11.1 Å². The molecule has 0 unspecified atom stereocenters. The lowest BCUT2D eigenvalue weighted by atomic mass is 9.98. The Hall–Kier alpha value is -3.36. The smallest absolute Gasteiger partial charge is 0.326 e. The van der Waals surface area contributed by atoms with Crippen LogP contribution < -0.4 is 10.6 Å². The minimum absolute atomic E-state index is 0. The van der Waals surface area contributed by atoms with Crippen LogP contribution in [0.5, 0.6) is 0 Å². The number of carboxylic acids is 1. The van der Waals surface area contributed by atoms with Crippen molar-refractivity contribution in [2.75, 3.05) is 17.3 Å². The predicted octanol–water partition coefficient (Wildman–Crippen LogP) is 4.36. The first-order valence-corrected chi connectivity index (χ1v) is 11.3. The van der Waals surface area contributed by atoms with Crippen LogP contribution in [-0.4, -0.2) is 45.9 Å². The van der Waals surface area contributed by atoms with Crippen molar-refractivity contribution in [1.29, 1.82) is 0 Å². The van der Waals surface area contributed by atoms with Gasteiger partial charge in [-0.15, -0.1) is 12.4 Å². The quantitative estimate of drug-likeness (QED) is 0.415. The van der Waals surface area contributed by atoms with E-state index in [0.717, 1.165) is 5.56 Å². The summed E-state index contributed by atoms with van der Waals surface area (Å²) in [5.74, 6) is -1.27. The average Bonchev–Trinajstić information content (AvgIpc) is 2.82. The lowest BCUT2D eigenvalue weighted by molar-refractivity contribution is -0.139. The Morgan fingerprint density at radius 3 is 2.42 bits per heavy atom. The number of carbonyl (C=O) groups is 3. The molecular formula is C24H24ClN3O4S. The van der Waals surface area contributed by atoms with Crippen LogP contribution in [0.4, 0.5) is 5.69 Å². The Kier molecular flexibility index (Phi) is 9.90. The molecule has 1 heterocycles. The van der Waals surface area contributed by atoms with E-state index in [1.165, 1.54) is 18.0 Å². The van der Waals surface area contributed by atoms with E-state index in [2.05, 4.69) is 15.6 Å². The molecule has 0 aliphatic rings. The molecule has 0 aliphatic heterocycles. The van der Waals surface area contributed by atoms with Gasteiger partial charge in [0.15, 0.2) is 0 Å². The molecule has 33 heavy (non-hydrogen) atoms. The van der Waals surface area contributed by atoms with Crippen LogP contribution in [0.15, 0.2) is 73.1 Å². The fraction of sp³-hybridized carbons (Fsp3) is 0.167. The Morgan fingerprint density at radius 2 is 1.79 bits per heavy atom. The molecule has 0 aliphatic carbocycles. The SMILES string of the molecule is CSCC[C@H](NC(=O)c1ccc(NC(=O)c2cccnc2)cc1-c1ccccc1)C(=O)O.Cl. The number of carboxylic acid groups (broad SMARTS) is 1. The largest absolute Gasteiger partial charge is 0.480 e. The number of benzene rings is 2. The van der Waals surface area contributed by atoms with Gasteiger partial charge in [0.1, 0.15) is 6.04 Å². The molecule has 0 radical (unpaired) electrons. The number of nitrogens with zero attached hydrogens (tertiary/aromatic N) is 1. The van der Waals surface area contributed by atoms with Crippen molar-refractivity contribution >= 4 is 47.6 Å². The summed E-state index contributed by atoms with van der Waals surface area (Å²) in [4.78, 5) is 41.0. The van der Waals surface area contributed by atoms with Gasteiger partial charge in [-0.05, 0) is 59.9 Å². The summed E-state index contributed by atoms with van der Waals surface area (Å²) in [6.45, 7) is 0. The van der Waals surface area contributed by atoms with Crippen molar-refractivity contribution in [2.24, 2.45) is 0 Å². The molecule has 7 nitrogen and oxygen atoms in total. The highest BCUT2D eigenvalue weighted by Crippen LogP contribution is 2.27. The zero-order chi connectivity index (χ0) is 22.9. The number of aromatic nitrogens is 1. The van der Waals surface area contributed by atoms with Gasteiger partial charge in [-0.2, -0.15) is 11.8 Å². The summed E-state index contributed by atoms with van der Waals surface area (Å²) in [6.07, 6.45) is 5.26. The van der Waals surface area contributed by atoms with E-state index in [1.807, 2.05) is 36.6 Å². The predicted molar refractivity (Wildman–Crippen MR) is 133 cm³/mol. The van der Waals surface area contributed by atoms with Crippen molar-refractivity contribution in [1.82, 2.24) is 10.3 Å². The van der Waals surface area contributed by atoms with Gasteiger partial charge in [0.05, 0.1) is 5.56 Å². The highest BCUT2D eigenvalue weighted by Gasteiger charge is 2.22. The fourth-order valence-corrected chi connectivity index (χ4v) is 3.58. The molecule has 0 spiro atoms. The number of amides is 2. The second kappa shape index (κ2) is 12.6. The van der Waals surface area contributed by atoms with Gasteiger partial charge in [-0.3, -0.25) is 14.6 Å². The van der Waals surface area contributed by atoms with Crippen LogP contribution in [0.25, 0.3) is 11.1 Å². The number of rotatable bonds is 9. The topological polar surface area (TPSA) is 108 Å². The third-order valence-electron chi connectivity index (χ3n) is 4.74. The molecule has 0 fully saturated rings. The van der Waals surface area contributed by atoms with Crippen LogP contribution >= 0.6 is 24.2 Å². The highest BCUT2D eigenvalue weighted by atomic mass is 35.5. The van der Waals surface area contributed by atoms with E-state index in [1.54, 1.807) is 36.5 Å². The van der Waals surface area contributed by atoms with Crippen molar-refractivity contribution in [3.63, 3.8) is 0 Å². The Balaban J connectivity index is 0.00000385. The first-order chi connectivity index (χ1) is 15.5. The Labute approximate surface area is 202 Å². The summed E-state index contributed by atoms with van der Waals surface area (Å²) in [7, 11) is 0. The number of aliphatic carboxylic acids is 1. The van der Waals surface area contributed by atoms with Crippen LogP contribution in [0, 0.1) is 0 Å². The molecular weight excluding hydrogens is 462 g/mol. The van der Waals surface area contributed by atoms with Gasteiger partial charge in [-0.1, -0.05) is 30.3 Å². The number of anilines is 1. The number of thioether (sulfide) groups is 1. The number of nitrogens with one attached hydrogen (secondary N) is 2. The van der Waals surface area contributed by atoms with E-state index in [-0.39, 0.29) is 18.3 Å². The lowest BCUT2D eigenvalue weighted by Gasteiger charge is -2.17. The molecule has 1 aromatic heterocycles. The molecule has 3 N–H and O–H groups in total. The summed E-state index contributed by atoms with van der Waals surface area (Å²) < 4.78 is 0. The number of carbonyl (C=O) groups excluding carboxylic acids is 2. The van der Waals surface area contributed by atoms with Crippen LogP contribution in [0.3, 0.4) is 0 Å². The van der Waals surface area contributed by atoms with E-state index >= 15 is 0 Å². The molecule has 9 heteroatoms. The number of hydrogen-bond donors (Lipinski definition) is 3. The average molecular weight is 486 g/mol. The molecule has 0 saturated heterocycles. The fourth-order valence-electron chi connectivity index (χ4n) is 3.11. The van der Waals surface area contributed by atoms with Crippen molar-refractivity contribution in [2.45, 2.75) is 12.5 Å². The highest BCUT2D eigenvalue weighted by molar-refractivity contribution is 7.98. The lowest BCUT2D eigenvalue weighted by Crippen LogP contribution is -2.41. The van der Waals surface area contributed by atoms with Crippen LogP contribution in [-0.2, 0) is 4.79 Å². The van der Waals surface area contributed by atoms with E-state index < -0.39 is 17.9 Å². The monoisotopic (exact) mass is 485 g/mol. The number of halogens is 1. The Morgan fingerprint density at radius 1 is 1.03 bits per heavy atom. The van der Waals surface area contributed by atoms with Crippen LogP contribution in [0.1, 0.15) is 27.1 Å². The van der Waals surface area contributed by atoms with Gasteiger partial charge >= 0.3 is 5.97 Å². The second-order valence-corrected chi connectivity index (χ2v) is 7.95. The third kappa shape index (κ3) is 7.06. The number of pyridine rings is 1. The van der Waals surface area contributed by atoms with Gasteiger partial charge in [-0.25, -0.2) is 4.79 Å². The molecule has 3 aromatic rings. The van der Waals surface area contributed by atoms with Gasteiger partial charge in [0, 0.05) is 23.6 Å². The molecule has 2 aromatic carbocycles. The van der Waals surface area contributed by atoms with E-state index in [4.69, 9.17) is 0 Å². The second-order valence-electron chi connectivity index (χ2n) is 6.97. The van der Waals surface area contributed by atoms with Gasteiger partial charge in [0.25, 0.3) is 11.8 Å². The van der Waals surface area contributed by atoms with E-state index in [9.17, 15) is 19.5 Å². The molecule has 172 valence electrons. The van der Waals surface area contributed by atoms with Gasteiger partial charge < -0.3 is 15.7 Å². The van der Waals surface area contributed by atoms with Crippen LogP contribution in [0.2, 0.25) is 0 Å². The molecule has 1 atom stereocenters. The molecule has 3 rings (SSSR count). The maximum absolute atomic E-state index is 13.0. The molecule has 0 saturated carbocycles. The maximum atomic E-state index is 13.0. The standard InChI is InChI=1S/C24H23N3O4S.ClH/c1-32-13-11-21(24(30)31)27-23(29)19-10-9-18(14-20(19)16-6-3-2-4-7-16)26-22(28)17-8-5-12-25-15-17;/h2-10,12,14-15,21H,11,13H2,1H3,(H,26,28)(H,27,29)(H,30,31);1H/t21-;/m0./s1. The maximum Gasteiger partial charge on any atom is 0.326 e. The summed E-state index contributed by atoms with van der Waals surface area (Å²) in [5.41, 5.74) is 2.60. The third-order valence-corrected chi connectivity index (χ3v) is 5.39. The first-order valence-electron chi connectivity index (χ1n) is 9.93. The van der Waals surface area contributed by atoms with Crippen molar-refractivity contribution in [3.05, 3.63) is 84.2 Å². The normalized spacial score (nSPS) is 11.1. The Bertz CT molecular complexity index is 1100. The van der Waals surface area contributed by atoms with Crippen molar-refractivity contribution < 1.29 is 19.5 Å². The number of hydrogen-bond acceptors (Lipinski definition) is 5. The molecule has 2 amide bonds.